The Bertz CT molecular complexity index is 168. The van der Waals surface area contributed by atoms with E-state index in [1.165, 1.54) is 0 Å². The SMILES string of the molecule is CCC1(CC(O)C(=O)O)COC1. The average molecular weight is 174 g/mol. The number of aliphatic carboxylic acids is 1. The average Bonchev–Trinajstić information content (AvgIpc) is 1.96. The van der Waals surface area contributed by atoms with Gasteiger partial charge in [-0.25, -0.2) is 4.79 Å². The summed E-state index contributed by atoms with van der Waals surface area (Å²) in [6.45, 7) is 3.14. The Labute approximate surface area is 71.2 Å². The minimum atomic E-state index is -1.24. The smallest absolute Gasteiger partial charge is 0.332 e. The lowest BCUT2D eigenvalue weighted by atomic mass is 9.78. The second-order valence-electron chi connectivity index (χ2n) is 3.40. The lowest BCUT2D eigenvalue weighted by Crippen LogP contribution is -2.45. The van der Waals surface area contributed by atoms with Crippen molar-refractivity contribution < 1.29 is 19.7 Å². The molecule has 0 bridgehead atoms. The van der Waals surface area contributed by atoms with Crippen LogP contribution in [-0.4, -0.2) is 35.5 Å². The molecule has 70 valence electrons. The molecule has 0 aromatic carbocycles. The topological polar surface area (TPSA) is 66.8 Å². The zero-order chi connectivity index (χ0) is 9.19. The molecule has 1 heterocycles. The van der Waals surface area contributed by atoms with Crippen LogP contribution in [0, 0.1) is 5.41 Å². The molecule has 4 heteroatoms. The van der Waals surface area contributed by atoms with E-state index in [9.17, 15) is 4.79 Å². The molecule has 2 N–H and O–H groups in total. The summed E-state index contributed by atoms with van der Waals surface area (Å²) >= 11 is 0. The van der Waals surface area contributed by atoms with E-state index in [2.05, 4.69) is 0 Å². The summed E-state index contributed by atoms with van der Waals surface area (Å²) < 4.78 is 5.01. The minimum Gasteiger partial charge on any atom is -0.479 e. The number of carboxylic acids is 1. The fourth-order valence-corrected chi connectivity index (χ4v) is 1.35. The van der Waals surface area contributed by atoms with Gasteiger partial charge in [0.25, 0.3) is 0 Å². The third-order valence-electron chi connectivity index (χ3n) is 2.48. The molecule has 0 aromatic heterocycles. The molecule has 1 rings (SSSR count). The lowest BCUT2D eigenvalue weighted by Gasteiger charge is -2.41. The van der Waals surface area contributed by atoms with Crippen LogP contribution in [0.15, 0.2) is 0 Å². The molecule has 1 saturated heterocycles. The lowest BCUT2D eigenvalue weighted by molar-refractivity contribution is -0.161. The maximum absolute atomic E-state index is 10.3. The van der Waals surface area contributed by atoms with Crippen molar-refractivity contribution >= 4 is 5.97 Å². The Hall–Kier alpha value is -0.610. The molecule has 0 aliphatic carbocycles. The van der Waals surface area contributed by atoms with Gasteiger partial charge in [0.2, 0.25) is 0 Å². The van der Waals surface area contributed by atoms with Crippen LogP contribution in [0.25, 0.3) is 0 Å². The zero-order valence-electron chi connectivity index (χ0n) is 7.12. The summed E-state index contributed by atoms with van der Waals surface area (Å²) in [6.07, 6.45) is -0.0789. The van der Waals surface area contributed by atoms with Crippen LogP contribution >= 0.6 is 0 Å². The van der Waals surface area contributed by atoms with E-state index in [1.54, 1.807) is 0 Å². The van der Waals surface area contributed by atoms with Crippen molar-refractivity contribution in [1.82, 2.24) is 0 Å². The monoisotopic (exact) mass is 174 g/mol. The first-order chi connectivity index (χ1) is 5.59. The molecule has 0 amide bonds. The van der Waals surface area contributed by atoms with E-state index in [0.717, 1.165) is 6.42 Å². The predicted octanol–water partition coefficient (Wildman–Crippen LogP) is 0.249. The zero-order valence-corrected chi connectivity index (χ0v) is 7.12. The summed E-state index contributed by atoms with van der Waals surface area (Å²) in [7, 11) is 0. The van der Waals surface area contributed by atoms with E-state index < -0.39 is 12.1 Å². The van der Waals surface area contributed by atoms with Crippen LogP contribution in [0.5, 0.6) is 0 Å². The normalized spacial score (nSPS) is 22.8. The number of aliphatic hydroxyl groups is 1. The molecule has 1 unspecified atom stereocenters. The van der Waals surface area contributed by atoms with Gasteiger partial charge >= 0.3 is 5.97 Å². The maximum Gasteiger partial charge on any atom is 0.332 e. The summed E-state index contributed by atoms with van der Waals surface area (Å²) in [6, 6.07) is 0. The molecule has 0 saturated carbocycles. The first kappa shape index (κ1) is 9.48. The quantitative estimate of drug-likeness (QED) is 0.641. The third kappa shape index (κ3) is 1.76. The third-order valence-corrected chi connectivity index (χ3v) is 2.48. The second-order valence-corrected chi connectivity index (χ2v) is 3.40. The van der Waals surface area contributed by atoms with Gasteiger partial charge < -0.3 is 14.9 Å². The second kappa shape index (κ2) is 3.41. The molecule has 0 spiro atoms. The van der Waals surface area contributed by atoms with Crippen molar-refractivity contribution in [3.63, 3.8) is 0 Å². The Balaban J connectivity index is 2.42. The van der Waals surface area contributed by atoms with Crippen molar-refractivity contribution in [3.05, 3.63) is 0 Å². The Kier molecular flexibility index (Phi) is 2.69. The Morgan fingerprint density at radius 3 is 2.50 bits per heavy atom. The maximum atomic E-state index is 10.3. The van der Waals surface area contributed by atoms with Crippen molar-refractivity contribution in [1.29, 1.82) is 0 Å². The largest absolute Gasteiger partial charge is 0.479 e. The van der Waals surface area contributed by atoms with Crippen LogP contribution in [-0.2, 0) is 9.53 Å². The number of hydrogen-bond donors (Lipinski definition) is 2. The van der Waals surface area contributed by atoms with Gasteiger partial charge in [0, 0.05) is 5.41 Å². The summed E-state index contributed by atoms with van der Waals surface area (Å²) in [5, 5.41) is 17.6. The van der Waals surface area contributed by atoms with Gasteiger partial charge in [0.15, 0.2) is 6.10 Å². The van der Waals surface area contributed by atoms with Gasteiger partial charge in [-0.2, -0.15) is 0 Å². The molecular weight excluding hydrogens is 160 g/mol. The van der Waals surface area contributed by atoms with E-state index in [-0.39, 0.29) is 5.41 Å². The molecule has 1 aliphatic heterocycles. The molecule has 12 heavy (non-hydrogen) atoms. The number of hydrogen-bond acceptors (Lipinski definition) is 3. The highest BCUT2D eigenvalue weighted by Crippen LogP contribution is 2.35. The molecule has 0 aromatic rings. The Morgan fingerprint density at radius 2 is 2.25 bits per heavy atom. The number of carbonyl (C=O) groups is 1. The highest BCUT2D eigenvalue weighted by molar-refractivity contribution is 5.71. The van der Waals surface area contributed by atoms with Crippen molar-refractivity contribution in [2.75, 3.05) is 13.2 Å². The van der Waals surface area contributed by atoms with Gasteiger partial charge in [-0.15, -0.1) is 0 Å². The number of carboxylic acid groups (broad SMARTS) is 1. The van der Waals surface area contributed by atoms with Gasteiger partial charge in [0.1, 0.15) is 0 Å². The number of aliphatic hydroxyl groups excluding tert-OH is 1. The first-order valence-corrected chi connectivity index (χ1v) is 4.08. The Morgan fingerprint density at radius 1 is 1.67 bits per heavy atom. The molecule has 4 nitrogen and oxygen atoms in total. The molecule has 1 aliphatic rings. The highest BCUT2D eigenvalue weighted by Gasteiger charge is 2.39. The minimum absolute atomic E-state index is 0.0855. The number of rotatable bonds is 4. The first-order valence-electron chi connectivity index (χ1n) is 4.08. The van der Waals surface area contributed by atoms with Crippen molar-refractivity contribution in [2.24, 2.45) is 5.41 Å². The molecule has 1 fully saturated rings. The number of ether oxygens (including phenoxy) is 1. The molecular formula is C8H14O4. The van der Waals surface area contributed by atoms with E-state index >= 15 is 0 Å². The van der Waals surface area contributed by atoms with Crippen LogP contribution in [0.1, 0.15) is 19.8 Å². The van der Waals surface area contributed by atoms with Crippen LogP contribution in [0.2, 0.25) is 0 Å². The van der Waals surface area contributed by atoms with Crippen LogP contribution in [0.3, 0.4) is 0 Å². The fraction of sp³-hybridized carbons (Fsp3) is 0.875. The van der Waals surface area contributed by atoms with E-state index in [4.69, 9.17) is 14.9 Å². The summed E-state index contributed by atoms with van der Waals surface area (Å²) in [5.41, 5.74) is -0.0855. The standard InChI is InChI=1S/C8H14O4/c1-2-8(4-12-5-8)3-6(9)7(10)11/h6,9H,2-5H2,1H3,(H,10,11). The van der Waals surface area contributed by atoms with Crippen LogP contribution < -0.4 is 0 Å². The van der Waals surface area contributed by atoms with Gasteiger partial charge in [0.05, 0.1) is 13.2 Å². The van der Waals surface area contributed by atoms with Crippen LogP contribution in [0.4, 0.5) is 0 Å². The fourth-order valence-electron chi connectivity index (χ4n) is 1.35. The highest BCUT2D eigenvalue weighted by atomic mass is 16.5. The van der Waals surface area contributed by atoms with Crippen molar-refractivity contribution in [3.8, 4) is 0 Å². The van der Waals surface area contributed by atoms with E-state index in [1.807, 2.05) is 6.92 Å². The summed E-state index contributed by atoms with van der Waals surface area (Å²) in [4.78, 5) is 10.3. The predicted molar refractivity (Wildman–Crippen MR) is 41.8 cm³/mol. The molecule has 0 radical (unpaired) electrons. The molecule has 1 atom stereocenters. The van der Waals surface area contributed by atoms with Gasteiger partial charge in [-0.3, -0.25) is 0 Å². The summed E-state index contributed by atoms with van der Waals surface area (Å²) in [5.74, 6) is -1.14. The van der Waals surface area contributed by atoms with Crippen molar-refractivity contribution in [2.45, 2.75) is 25.9 Å². The van der Waals surface area contributed by atoms with Gasteiger partial charge in [-0.1, -0.05) is 6.92 Å². The van der Waals surface area contributed by atoms with E-state index in [0.29, 0.717) is 19.6 Å². The van der Waals surface area contributed by atoms with Gasteiger partial charge in [-0.05, 0) is 12.8 Å².